The van der Waals surface area contributed by atoms with Gasteiger partial charge in [-0.2, -0.15) is 0 Å². The van der Waals surface area contributed by atoms with Crippen LogP contribution in [0.25, 0.3) is 0 Å². The normalized spacial score (nSPS) is 18.3. The maximum atomic E-state index is 12.5. The molecule has 1 aromatic rings. The molecule has 1 fully saturated rings. The Balaban J connectivity index is 2.24. The van der Waals surface area contributed by atoms with Crippen LogP contribution in [0.5, 0.6) is 11.5 Å². The number of piperidine rings is 1. The van der Waals surface area contributed by atoms with E-state index < -0.39 is 17.9 Å². The van der Waals surface area contributed by atoms with Gasteiger partial charge < -0.3 is 19.8 Å². The minimum atomic E-state index is -0.612. The number of ether oxygens (including phenoxy) is 1. The van der Waals surface area contributed by atoms with Crippen LogP contribution < -0.4 is 0 Å². The predicted octanol–water partition coefficient (Wildman–Crippen LogP) is 1.66. The zero-order valence-electron chi connectivity index (χ0n) is 11.9. The van der Waals surface area contributed by atoms with E-state index in [0.29, 0.717) is 13.0 Å². The Bertz CT molecular complexity index is 543. The Labute approximate surface area is 122 Å². The molecule has 1 aliphatic rings. The highest BCUT2D eigenvalue weighted by Gasteiger charge is 2.34. The number of carbonyl (C=O) groups is 2. The number of hydrogen-bond donors (Lipinski definition) is 2. The smallest absolute Gasteiger partial charge is 0.328 e. The molecule has 0 aliphatic carbocycles. The van der Waals surface area contributed by atoms with Gasteiger partial charge >= 0.3 is 5.97 Å². The van der Waals surface area contributed by atoms with Crippen LogP contribution in [0.15, 0.2) is 18.2 Å². The number of benzene rings is 1. The van der Waals surface area contributed by atoms with Crippen molar-refractivity contribution in [2.45, 2.75) is 32.2 Å². The lowest BCUT2D eigenvalue weighted by atomic mass is 10.0. The van der Waals surface area contributed by atoms with E-state index in [2.05, 4.69) is 0 Å². The molecular weight excluding hydrogens is 274 g/mol. The monoisotopic (exact) mass is 293 g/mol. The maximum absolute atomic E-state index is 12.5. The highest BCUT2D eigenvalue weighted by atomic mass is 16.5. The van der Waals surface area contributed by atoms with Crippen LogP contribution in [0.1, 0.15) is 36.5 Å². The largest absolute Gasteiger partial charge is 0.508 e. The summed E-state index contributed by atoms with van der Waals surface area (Å²) < 4.78 is 5.01. The summed E-state index contributed by atoms with van der Waals surface area (Å²) >= 11 is 0. The standard InChI is InChI=1S/C15H19NO5/c1-2-21-15(20)12-5-3-4-8-16(12)14(19)11-7-6-10(17)9-13(11)18/h6-7,9,12,17-18H,2-5,8H2,1H3. The number of rotatable bonds is 3. The molecule has 1 heterocycles. The van der Waals surface area contributed by atoms with Gasteiger partial charge in [-0.15, -0.1) is 0 Å². The van der Waals surface area contributed by atoms with E-state index in [9.17, 15) is 19.8 Å². The van der Waals surface area contributed by atoms with Crippen molar-refractivity contribution in [1.29, 1.82) is 0 Å². The van der Waals surface area contributed by atoms with Gasteiger partial charge in [-0.1, -0.05) is 0 Å². The summed E-state index contributed by atoms with van der Waals surface area (Å²) in [5.41, 5.74) is 0.0731. The number of nitrogens with zero attached hydrogens (tertiary/aromatic N) is 1. The van der Waals surface area contributed by atoms with E-state index in [0.717, 1.165) is 18.9 Å². The van der Waals surface area contributed by atoms with Gasteiger partial charge in [0.1, 0.15) is 17.5 Å². The van der Waals surface area contributed by atoms with Crippen LogP contribution in [-0.4, -0.2) is 46.2 Å². The van der Waals surface area contributed by atoms with Crippen molar-refractivity contribution in [1.82, 2.24) is 4.90 Å². The molecule has 2 N–H and O–H groups in total. The lowest BCUT2D eigenvalue weighted by Crippen LogP contribution is -2.48. The fourth-order valence-electron chi connectivity index (χ4n) is 2.51. The molecule has 1 aromatic carbocycles. The highest BCUT2D eigenvalue weighted by molar-refractivity contribution is 5.99. The number of phenols is 2. The molecule has 0 radical (unpaired) electrons. The number of esters is 1. The zero-order valence-corrected chi connectivity index (χ0v) is 11.9. The minimum Gasteiger partial charge on any atom is -0.508 e. The number of amides is 1. The average molecular weight is 293 g/mol. The van der Waals surface area contributed by atoms with E-state index in [4.69, 9.17) is 4.74 Å². The SMILES string of the molecule is CCOC(=O)C1CCCCN1C(=O)c1ccc(O)cc1O. The van der Waals surface area contributed by atoms with Gasteiger partial charge in [0.25, 0.3) is 5.91 Å². The van der Waals surface area contributed by atoms with Crippen LogP contribution in [0.3, 0.4) is 0 Å². The summed E-state index contributed by atoms with van der Waals surface area (Å²) in [4.78, 5) is 25.9. The molecule has 0 bridgehead atoms. The van der Waals surface area contributed by atoms with Crippen molar-refractivity contribution in [3.63, 3.8) is 0 Å². The quantitative estimate of drug-likeness (QED) is 0.828. The van der Waals surface area contributed by atoms with Crippen molar-refractivity contribution in [2.75, 3.05) is 13.2 Å². The summed E-state index contributed by atoms with van der Waals surface area (Å²) in [6.07, 6.45) is 2.22. The second-order valence-electron chi connectivity index (χ2n) is 4.96. The maximum Gasteiger partial charge on any atom is 0.328 e. The first-order valence-corrected chi connectivity index (χ1v) is 7.04. The molecule has 1 amide bonds. The van der Waals surface area contributed by atoms with E-state index in [1.54, 1.807) is 6.92 Å². The van der Waals surface area contributed by atoms with E-state index in [-0.39, 0.29) is 23.7 Å². The van der Waals surface area contributed by atoms with Crippen molar-refractivity contribution < 1.29 is 24.5 Å². The van der Waals surface area contributed by atoms with Crippen LogP contribution in [0.4, 0.5) is 0 Å². The zero-order chi connectivity index (χ0) is 15.4. The van der Waals surface area contributed by atoms with Gasteiger partial charge in [-0.3, -0.25) is 4.79 Å². The third-order valence-electron chi connectivity index (χ3n) is 3.53. The first kappa shape index (κ1) is 15.2. The molecule has 114 valence electrons. The summed E-state index contributed by atoms with van der Waals surface area (Å²) in [6.45, 7) is 2.43. The fraction of sp³-hybridized carbons (Fsp3) is 0.467. The number of hydrogen-bond acceptors (Lipinski definition) is 5. The van der Waals surface area contributed by atoms with Gasteiger partial charge in [0.2, 0.25) is 0 Å². The Morgan fingerprint density at radius 2 is 2.10 bits per heavy atom. The van der Waals surface area contributed by atoms with Crippen molar-refractivity contribution >= 4 is 11.9 Å². The molecule has 1 unspecified atom stereocenters. The molecule has 1 aliphatic heterocycles. The third-order valence-corrected chi connectivity index (χ3v) is 3.53. The molecule has 6 nitrogen and oxygen atoms in total. The molecule has 6 heteroatoms. The van der Waals surface area contributed by atoms with Gasteiger partial charge in [-0.25, -0.2) is 4.79 Å². The predicted molar refractivity (Wildman–Crippen MR) is 75.1 cm³/mol. The topological polar surface area (TPSA) is 87.1 Å². The molecular formula is C15H19NO5. The lowest BCUT2D eigenvalue weighted by molar-refractivity contribution is -0.149. The number of aromatic hydroxyl groups is 2. The average Bonchev–Trinajstić information content (AvgIpc) is 2.47. The van der Waals surface area contributed by atoms with Crippen molar-refractivity contribution in [3.8, 4) is 11.5 Å². The summed E-state index contributed by atoms with van der Waals surface area (Å²) in [7, 11) is 0. The van der Waals surface area contributed by atoms with Crippen molar-refractivity contribution in [3.05, 3.63) is 23.8 Å². The van der Waals surface area contributed by atoms with Gasteiger partial charge in [-0.05, 0) is 38.3 Å². The van der Waals surface area contributed by atoms with Crippen molar-refractivity contribution in [2.24, 2.45) is 0 Å². The molecule has 1 atom stereocenters. The second-order valence-corrected chi connectivity index (χ2v) is 4.96. The molecule has 0 aromatic heterocycles. The molecule has 0 saturated carbocycles. The van der Waals surface area contributed by atoms with Gasteiger partial charge in [0, 0.05) is 12.6 Å². The Hall–Kier alpha value is -2.24. The lowest BCUT2D eigenvalue weighted by Gasteiger charge is -2.34. The number of carbonyl (C=O) groups excluding carboxylic acids is 2. The van der Waals surface area contributed by atoms with E-state index >= 15 is 0 Å². The van der Waals surface area contributed by atoms with E-state index in [1.807, 2.05) is 0 Å². The van der Waals surface area contributed by atoms with E-state index in [1.165, 1.54) is 17.0 Å². The van der Waals surface area contributed by atoms with Gasteiger partial charge in [0.05, 0.1) is 12.2 Å². The molecule has 21 heavy (non-hydrogen) atoms. The van der Waals surface area contributed by atoms with Crippen LogP contribution in [0, 0.1) is 0 Å². The Kier molecular flexibility index (Phi) is 4.67. The van der Waals surface area contributed by atoms with Crippen LogP contribution in [-0.2, 0) is 9.53 Å². The van der Waals surface area contributed by atoms with Crippen LogP contribution in [0.2, 0.25) is 0 Å². The second kappa shape index (κ2) is 6.47. The summed E-state index contributed by atoms with van der Waals surface area (Å²) in [5.74, 6) is -1.26. The number of likely N-dealkylation sites (tertiary alicyclic amines) is 1. The first-order chi connectivity index (χ1) is 10.0. The first-order valence-electron chi connectivity index (χ1n) is 7.04. The highest BCUT2D eigenvalue weighted by Crippen LogP contribution is 2.27. The third kappa shape index (κ3) is 3.26. The summed E-state index contributed by atoms with van der Waals surface area (Å²) in [5, 5.41) is 19.1. The number of phenolic OH excluding ortho intramolecular Hbond substituents is 2. The summed E-state index contributed by atoms with van der Waals surface area (Å²) in [6, 6.07) is 3.18. The van der Waals surface area contributed by atoms with Gasteiger partial charge in [0.15, 0.2) is 0 Å². The Morgan fingerprint density at radius 3 is 2.76 bits per heavy atom. The van der Waals surface area contributed by atoms with Crippen LogP contribution >= 0.6 is 0 Å². The Morgan fingerprint density at radius 1 is 1.33 bits per heavy atom. The fourth-order valence-corrected chi connectivity index (χ4v) is 2.51. The minimum absolute atomic E-state index is 0.0731. The molecule has 1 saturated heterocycles. The molecule has 0 spiro atoms. The molecule has 2 rings (SSSR count).